The first kappa shape index (κ1) is 13.2. The predicted octanol–water partition coefficient (Wildman–Crippen LogP) is 4.00. The Morgan fingerprint density at radius 3 is 2.48 bits per heavy atom. The van der Waals surface area contributed by atoms with Gasteiger partial charge in [0.15, 0.2) is 0 Å². The summed E-state index contributed by atoms with van der Waals surface area (Å²) in [6.45, 7) is 0. The average molecular weight is 278 g/mol. The van der Waals surface area contributed by atoms with Crippen LogP contribution in [0.2, 0.25) is 0 Å². The minimum absolute atomic E-state index is 0.216. The number of ether oxygens (including phenoxy) is 1. The molecule has 0 spiro atoms. The molecule has 104 valence electrons. The maximum Gasteiger partial charge on any atom is 0.337 e. The molecule has 3 aromatic rings. The Hall–Kier alpha value is -2.81. The molecule has 0 bridgehead atoms. The molecular formula is C18H14O3. The highest BCUT2D eigenvalue weighted by atomic mass is 16.5. The van der Waals surface area contributed by atoms with Crippen LogP contribution in [-0.4, -0.2) is 18.2 Å². The van der Waals surface area contributed by atoms with E-state index < -0.39 is 0 Å². The van der Waals surface area contributed by atoms with Crippen LogP contribution >= 0.6 is 0 Å². The number of carbonyl (C=O) groups excluding carboxylic acids is 1. The molecular weight excluding hydrogens is 264 g/mol. The summed E-state index contributed by atoms with van der Waals surface area (Å²) < 4.78 is 4.77. The molecule has 0 aliphatic rings. The fourth-order valence-electron chi connectivity index (χ4n) is 2.45. The number of fused-ring (bicyclic) bond motifs is 1. The number of aromatic hydroxyl groups is 1. The number of rotatable bonds is 2. The summed E-state index contributed by atoms with van der Waals surface area (Å²) in [5.41, 5.74) is 2.12. The zero-order chi connectivity index (χ0) is 14.8. The third kappa shape index (κ3) is 2.34. The second-order valence-electron chi connectivity index (χ2n) is 4.75. The molecule has 3 heteroatoms. The standard InChI is InChI=1S/C18H14O3/c1-21-18(20)13-10-9-12-5-4-7-14(16(12)11-13)15-6-2-3-8-17(15)19/h2-11,19H,1H3. The highest BCUT2D eigenvalue weighted by molar-refractivity contribution is 6.02. The van der Waals surface area contributed by atoms with Crippen molar-refractivity contribution in [1.82, 2.24) is 0 Å². The van der Waals surface area contributed by atoms with Crippen LogP contribution in [0.25, 0.3) is 21.9 Å². The molecule has 1 N–H and O–H groups in total. The lowest BCUT2D eigenvalue weighted by Crippen LogP contribution is -2.00. The second-order valence-corrected chi connectivity index (χ2v) is 4.75. The normalized spacial score (nSPS) is 10.5. The molecule has 0 saturated carbocycles. The Morgan fingerprint density at radius 1 is 0.952 bits per heavy atom. The van der Waals surface area contributed by atoms with Crippen LogP contribution in [0.4, 0.5) is 0 Å². The number of esters is 1. The number of carbonyl (C=O) groups is 1. The molecule has 0 saturated heterocycles. The van der Waals surface area contributed by atoms with Crippen molar-refractivity contribution in [2.24, 2.45) is 0 Å². The monoisotopic (exact) mass is 278 g/mol. The van der Waals surface area contributed by atoms with Crippen molar-refractivity contribution in [3.05, 3.63) is 66.2 Å². The maximum absolute atomic E-state index is 11.7. The van der Waals surface area contributed by atoms with Crippen molar-refractivity contribution in [2.45, 2.75) is 0 Å². The van der Waals surface area contributed by atoms with E-state index >= 15 is 0 Å². The van der Waals surface area contributed by atoms with Gasteiger partial charge in [-0.2, -0.15) is 0 Å². The molecule has 0 fully saturated rings. The minimum atomic E-state index is -0.371. The van der Waals surface area contributed by atoms with E-state index in [0.29, 0.717) is 5.56 Å². The lowest BCUT2D eigenvalue weighted by Gasteiger charge is -2.10. The van der Waals surface area contributed by atoms with Gasteiger partial charge in [-0.25, -0.2) is 4.79 Å². The van der Waals surface area contributed by atoms with Gasteiger partial charge in [0.25, 0.3) is 0 Å². The first-order valence-electron chi connectivity index (χ1n) is 6.60. The second kappa shape index (κ2) is 5.29. The molecule has 21 heavy (non-hydrogen) atoms. The first-order valence-corrected chi connectivity index (χ1v) is 6.60. The van der Waals surface area contributed by atoms with E-state index in [1.54, 1.807) is 24.3 Å². The molecule has 0 aromatic heterocycles. The molecule has 0 unspecified atom stereocenters. The van der Waals surface area contributed by atoms with Crippen LogP contribution in [0.5, 0.6) is 5.75 Å². The first-order chi connectivity index (χ1) is 10.2. The van der Waals surface area contributed by atoms with Gasteiger partial charge >= 0.3 is 5.97 Å². The van der Waals surface area contributed by atoms with Crippen LogP contribution < -0.4 is 0 Å². The van der Waals surface area contributed by atoms with Crippen LogP contribution in [-0.2, 0) is 4.74 Å². The maximum atomic E-state index is 11.7. The Morgan fingerprint density at radius 2 is 1.71 bits per heavy atom. The number of phenolic OH excluding ortho intramolecular Hbond substituents is 1. The van der Waals surface area contributed by atoms with E-state index in [-0.39, 0.29) is 11.7 Å². The fraction of sp³-hybridized carbons (Fsp3) is 0.0556. The topological polar surface area (TPSA) is 46.5 Å². The van der Waals surface area contributed by atoms with E-state index in [4.69, 9.17) is 4.74 Å². The average Bonchev–Trinajstić information content (AvgIpc) is 2.53. The summed E-state index contributed by atoms with van der Waals surface area (Å²) in [5, 5.41) is 12.0. The molecule has 0 aliphatic heterocycles. The van der Waals surface area contributed by atoms with E-state index in [2.05, 4.69) is 0 Å². The summed E-state index contributed by atoms with van der Waals surface area (Å²) in [6.07, 6.45) is 0. The van der Waals surface area contributed by atoms with Gasteiger partial charge in [-0.15, -0.1) is 0 Å². The van der Waals surface area contributed by atoms with Gasteiger partial charge in [-0.1, -0.05) is 42.5 Å². The predicted molar refractivity (Wildman–Crippen MR) is 82.4 cm³/mol. The van der Waals surface area contributed by atoms with Crippen molar-refractivity contribution in [3.8, 4) is 16.9 Å². The lowest BCUT2D eigenvalue weighted by atomic mass is 9.96. The molecule has 3 nitrogen and oxygen atoms in total. The lowest BCUT2D eigenvalue weighted by molar-refractivity contribution is 0.0601. The summed E-state index contributed by atoms with van der Waals surface area (Å²) in [5.74, 6) is -0.155. The number of methoxy groups -OCH3 is 1. The van der Waals surface area contributed by atoms with Crippen LogP contribution in [0, 0.1) is 0 Å². The van der Waals surface area contributed by atoms with Crippen LogP contribution in [0.1, 0.15) is 10.4 Å². The van der Waals surface area contributed by atoms with Crippen molar-refractivity contribution >= 4 is 16.7 Å². The molecule has 0 atom stereocenters. The van der Waals surface area contributed by atoms with E-state index in [0.717, 1.165) is 21.9 Å². The van der Waals surface area contributed by atoms with E-state index in [1.165, 1.54) is 7.11 Å². The van der Waals surface area contributed by atoms with E-state index in [1.807, 2.05) is 36.4 Å². The highest BCUT2D eigenvalue weighted by Gasteiger charge is 2.11. The van der Waals surface area contributed by atoms with Gasteiger partial charge in [-0.3, -0.25) is 0 Å². The number of para-hydroxylation sites is 1. The highest BCUT2D eigenvalue weighted by Crippen LogP contribution is 2.34. The van der Waals surface area contributed by atoms with Crippen molar-refractivity contribution in [3.63, 3.8) is 0 Å². The Bertz CT molecular complexity index is 822. The molecule has 0 aliphatic carbocycles. The molecule has 3 rings (SSSR count). The zero-order valence-electron chi connectivity index (χ0n) is 11.5. The zero-order valence-corrected chi connectivity index (χ0v) is 11.5. The van der Waals surface area contributed by atoms with Gasteiger partial charge in [0.2, 0.25) is 0 Å². The number of hydrogen-bond acceptors (Lipinski definition) is 3. The molecule has 0 heterocycles. The van der Waals surface area contributed by atoms with Crippen molar-refractivity contribution in [2.75, 3.05) is 7.11 Å². The van der Waals surface area contributed by atoms with Gasteiger partial charge in [0.1, 0.15) is 5.75 Å². The SMILES string of the molecule is COC(=O)c1ccc2cccc(-c3ccccc3O)c2c1. The smallest absolute Gasteiger partial charge is 0.337 e. The minimum Gasteiger partial charge on any atom is -0.507 e. The summed E-state index contributed by atoms with van der Waals surface area (Å²) >= 11 is 0. The molecule has 3 aromatic carbocycles. The van der Waals surface area contributed by atoms with Gasteiger partial charge in [-0.05, 0) is 34.5 Å². The van der Waals surface area contributed by atoms with Gasteiger partial charge in [0.05, 0.1) is 12.7 Å². The third-order valence-electron chi connectivity index (χ3n) is 3.50. The molecule has 0 amide bonds. The van der Waals surface area contributed by atoms with Gasteiger partial charge in [0, 0.05) is 5.56 Å². The van der Waals surface area contributed by atoms with E-state index in [9.17, 15) is 9.90 Å². The summed E-state index contributed by atoms with van der Waals surface area (Å²) in [7, 11) is 1.36. The Balaban J connectivity index is 2.28. The Kier molecular flexibility index (Phi) is 3.32. The third-order valence-corrected chi connectivity index (χ3v) is 3.50. The fourth-order valence-corrected chi connectivity index (χ4v) is 2.45. The number of phenols is 1. The van der Waals surface area contributed by atoms with Crippen LogP contribution in [0.3, 0.4) is 0 Å². The van der Waals surface area contributed by atoms with Crippen LogP contribution in [0.15, 0.2) is 60.7 Å². The quantitative estimate of drug-likeness (QED) is 0.721. The largest absolute Gasteiger partial charge is 0.507 e. The summed E-state index contributed by atoms with van der Waals surface area (Å²) in [4.78, 5) is 11.7. The molecule has 0 radical (unpaired) electrons. The summed E-state index contributed by atoms with van der Waals surface area (Å²) in [6, 6.07) is 18.4. The number of hydrogen-bond donors (Lipinski definition) is 1. The van der Waals surface area contributed by atoms with Crippen molar-refractivity contribution < 1.29 is 14.6 Å². The van der Waals surface area contributed by atoms with Crippen molar-refractivity contribution in [1.29, 1.82) is 0 Å². The Labute approximate surface area is 122 Å². The number of benzene rings is 3. The van der Waals surface area contributed by atoms with Gasteiger partial charge < -0.3 is 9.84 Å².